The number of hydrogen-bond acceptors (Lipinski definition) is 3. The molecule has 2 nitrogen and oxygen atoms in total. The van der Waals surface area contributed by atoms with Crippen molar-refractivity contribution in [2.24, 2.45) is 0 Å². The van der Waals surface area contributed by atoms with Gasteiger partial charge in [0.15, 0.2) is 0 Å². The zero-order valence-corrected chi connectivity index (χ0v) is 23.8. The van der Waals surface area contributed by atoms with Gasteiger partial charge in [0, 0.05) is 46.9 Å². The number of para-hydroxylation sites is 2. The standard InChI is InChI=1S/C37H21FN2S2/c38-30-20-23(22-9-2-1-3-10-22)19-29-26-12-8-13-27(35(26)42-36(29)30)37-39-31-14-5-6-15-32(31)40(37)24-17-18-34-28(21-24)25-11-4-7-16-33(25)41-34/h1-21H. The molecule has 0 unspecified atom stereocenters. The average molecular weight is 577 g/mol. The highest BCUT2D eigenvalue weighted by molar-refractivity contribution is 7.26. The van der Waals surface area contributed by atoms with E-state index in [9.17, 15) is 0 Å². The van der Waals surface area contributed by atoms with Gasteiger partial charge in [-0.3, -0.25) is 4.57 Å². The normalized spacial score (nSPS) is 11.9. The number of rotatable bonds is 3. The van der Waals surface area contributed by atoms with Crippen LogP contribution in [0.3, 0.4) is 0 Å². The molecule has 9 aromatic rings. The second-order valence-corrected chi connectivity index (χ2v) is 12.6. The molecule has 0 saturated heterocycles. The summed E-state index contributed by atoms with van der Waals surface area (Å²) in [5, 5.41) is 4.49. The number of imidazole rings is 1. The van der Waals surface area contributed by atoms with E-state index in [4.69, 9.17) is 4.98 Å². The smallest absolute Gasteiger partial charge is 0.147 e. The van der Waals surface area contributed by atoms with Crippen LogP contribution in [0.25, 0.3) is 79.6 Å². The molecule has 0 amide bonds. The van der Waals surface area contributed by atoms with Gasteiger partial charge in [-0.25, -0.2) is 9.37 Å². The van der Waals surface area contributed by atoms with Gasteiger partial charge in [-0.2, -0.15) is 0 Å². The highest BCUT2D eigenvalue weighted by Crippen LogP contribution is 2.44. The topological polar surface area (TPSA) is 17.8 Å². The van der Waals surface area contributed by atoms with Gasteiger partial charge >= 0.3 is 0 Å². The monoisotopic (exact) mass is 576 g/mol. The summed E-state index contributed by atoms with van der Waals surface area (Å²) in [7, 11) is 0. The highest BCUT2D eigenvalue weighted by Gasteiger charge is 2.20. The van der Waals surface area contributed by atoms with Gasteiger partial charge in [0.1, 0.15) is 11.6 Å². The van der Waals surface area contributed by atoms with E-state index < -0.39 is 0 Å². The molecule has 0 aliphatic carbocycles. The van der Waals surface area contributed by atoms with Crippen molar-refractivity contribution in [3.8, 4) is 28.2 Å². The Morgan fingerprint density at radius 3 is 2.26 bits per heavy atom. The van der Waals surface area contributed by atoms with Crippen molar-refractivity contribution >= 4 is 74.1 Å². The largest absolute Gasteiger partial charge is 0.292 e. The lowest BCUT2D eigenvalue weighted by Gasteiger charge is -2.11. The van der Waals surface area contributed by atoms with Gasteiger partial charge in [-0.1, -0.05) is 72.8 Å². The Morgan fingerprint density at radius 1 is 0.548 bits per heavy atom. The maximum Gasteiger partial charge on any atom is 0.147 e. The molecule has 0 spiro atoms. The van der Waals surface area contributed by atoms with Crippen molar-refractivity contribution in [2.45, 2.75) is 0 Å². The third-order valence-electron chi connectivity index (χ3n) is 8.08. The minimum atomic E-state index is -0.193. The van der Waals surface area contributed by atoms with Crippen LogP contribution in [0.2, 0.25) is 0 Å². The van der Waals surface area contributed by atoms with Crippen LogP contribution in [0.4, 0.5) is 4.39 Å². The molecule has 6 aromatic carbocycles. The second kappa shape index (κ2) is 9.08. The Kier molecular flexibility index (Phi) is 5.15. The second-order valence-electron chi connectivity index (χ2n) is 10.5. The summed E-state index contributed by atoms with van der Waals surface area (Å²) in [6.07, 6.45) is 0. The van der Waals surface area contributed by atoms with E-state index in [1.165, 1.54) is 31.5 Å². The predicted molar refractivity (Wildman–Crippen MR) is 178 cm³/mol. The minimum Gasteiger partial charge on any atom is -0.292 e. The number of thiophene rings is 2. The van der Waals surface area contributed by atoms with E-state index in [0.717, 1.165) is 54.7 Å². The molecular formula is C37H21FN2S2. The molecule has 0 fully saturated rings. The van der Waals surface area contributed by atoms with Crippen molar-refractivity contribution < 1.29 is 4.39 Å². The average Bonchev–Trinajstić information content (AvgIpc) is 3.73. The molecule has 0 saturated carbocycles. The van der Waals surface area contributed by atoms with Crippen LogP contribution in [0.5, 0.6) is 0 Å². The fraction of sp³-hybridized carbons (Fsp3) is 0. The first-order chi connectivity index (χ1) is 20.7. The first-order valence-corrected chi connectivity index (χ1v) is 15.5. The summed E-state index contributed by atoms with van der Waals surface area (Å²) in [5.74, 6) is 0.665. The molecule has 0 radical (unpaired) electrons. The van der Waals surface area contributed by atoms with Crippen molar-refractivity contribution in [3.63, 3.8) is 0 Å². The summed E-state index contributed by atoms with van der Waals surface area (Å²) in [4.78, 5) is 5.18. The van der Waals surface area contributed by atoms with Crippen molar-refractivity contribution in [1.29, 1.82) is 0 Å². The number of fused-ring (bicyclic) bond motifs is 7. The lowest BCUT2D eigenvalue weighted by Crippen LogP contribution is -1.97. The van der Waals surface area contributed by atoms with Gasteiger partial charge < -0.3 is 0 Å². The fourth-order valence-corrected chi connectivity index (χ4v) is 8.44. The number of benzene rings is 6. The molecule has 9 rings (SSSR count). The van der Waals surface area contributed by atoms with Crippen molar-refractivity contribution in [2.75, 3.05) is 0 Å². The zero-order valence-electron chi connectivity index (χ0n) is 22.2. The molecule has 3 aromatic heterocycles. The number of hydrogen-bond donors (Lipinski definition) is 0. The van der Waals surface area contributed by atoms with E-state index in [2.05, 4.69) is 89.5 Å². The quantitative estimate of drug-likeness (QED) is 0.205. The zero-order chi connectivity index (χ0) is 27.8. The van der Waals surface area contributed by atoms with Gasteiger partial charge in [0.25, 0.3) is 0 Å². The first-order valence-electron chi connectivity index (χ1n) is 13.8. The minimum absolute atomic E-state index is 0.193. The van der Waals surface area contributed by atoms with Crippen LogP contribution in [-0.2, 0) is 0 Å². The molecule has 0 atom stereocenters. The van der Waals surface area contributed by atoms with E-state index in [0.29, 0.717) is 4.70 Å². The van der Waals surface area contributed by atoms with Gasteiger partial charge in [0.05, 0.1) is 15.7 Å². The van der Waals surface area contributed by atoms with Crippen molar-refractivity contribution in [1.82, 2.24) is 9.55 Å². The predicted octanol–water partition coefficient (Wildman–Crippen LogP) is 11.2. The van der Waals surface area contributed by atoms with Crippen LogP contribution in [0.1, 0.15) is 0 Å². The Balaban J connectivity index is 1.32. The Bertz CT molecular complexity index is 2480. The molecular weight excluding hydrogens is 556 g/mol. The molecule has 5 heteroatoms. The lowest BCUT2D eigenvalue weighted by molar-refractivity contribution is 0.642. The maximum atomic E-state index is 15.7. The number of nitrogens with zero attached hydrogens (tertiary/aromatic N) is 2. The van der Waals surface area contributed by atoms with E-state index >= 15 is 4.39 Å². The highest BCUT2D eigenvalue weighted by atomic mass is 32.1. The van der Waals surface area contributed by atoms with E-state index in [1.807, 2.05) is 47.7 Å². The summed E-state index contributed by atoms with van der Waals surface area (Å²) in [6, 6.07) is 43.6. The third kappa shape index (κ3) is 3.51. The summed E-state index contributed by atoms with van der Waals surface area (Å²) < 4.78 is 22.2. The van der Waals surface area contributed by atoms with E-state index in [1.54, 1.807) is 6.07 Å². The van der Waals surface area contributed by atoms with Crippen LogP contribution >= 0.6 is 22.7 Å². The Hall–Kier alpha value is -4.84. The van der Waals surface area contributed by atoms with E-state index in [-0.39, 0.29) is 5.82 Å². The molecule has 3 heterocycles. The van der Waals surface area contributed by atoms with Crippen LogP contribution in [0, 0.1) is 5.82 Å². The van der Waals surface area contributed by atoms with Gasteiger partial charge in [-0.15, -0.1) is 22.7 Å². The van der Waals surface area contributed by atoms with Gasteiger partial charge in [-0.05, 0) is 65.7 Å². The van der Waals surface area contributed by atoms with Gasteiger partial charge in [0.2, 0.25) is 0 Å². The molecule has 0 aliphatic rings. The Morgan fingerprint density at radius 2 is 1.33 bits per heavy atom. The summed E-state index contributed by atoms with van der Waals surface area (Å²) in [6.45, 7) is 0. The number of aromatic nitrogens is 2. The third-order valence-corrected chi connectivity index (χ3v) is 10.5. The summed E-state index contributed by atoms with van der Waals surface area (Å²) in [5.41, 5.74) is 5.92. The maximum absolute atomic E-state index is 15.7. The molecule has 198 valence electrons. The van der Waals surface area contributed by atoms with Crippen LogP contribution in [-0.4, -0.2) is 9.55 Å². The first kappa shape index (κ1) is 23.8. The fourth-order valence-electron chi connectivity index (χ4n) is 6.15. The SMILES string of the molecule is Fc1cc(-c2ccccc2)cc2c1sc1c(-c3nc4ccccc4n3-c3ccc4sc5ccccc5c4c3)cccc12. The molecule has 0 aliphatic heterocycles. The molecule has 42 heavy (non-hydrogen) atoms. The van der Waals surface area contributed by atoms with Crippen molar-refractivity contribution in [3.05, 3.63) is 133 Å². The van der Waals surface area contributed by atoms with Crippen LogP contribution in [0.15, 0.2) is 127 Å². The number of halogens is 1. The molecule has 0 bridgehead atoms. The Labute approximate surface area is 248 Å². The van der Waals surface area contributed by atoms with Crippen LogP contribution < -0.4 is 0 Å². The molecule has 0 N–H and O–H groups in total. The lowest BCUT2D eigenvalue weighted by atomic mass is 10.0. The summed E-state index contributed by atoms with van der Waals surface area (Å²) >= 11 is 3.32.